The molecule has 0 aliphatic carbocycles. The Labute approximate surface area is 183 Å². The average molecular weight is 431 g/mol. The minimum absolute atomic E-state index is 0.0225. The average Bonchev–Trinajstić information content (AvgIpc) is 3.34. The molecule has 4 aromatic rings. The summed E-state index contributed by atoms with van der Waals surface area (Å²) in [6.45, 7) is 3.66. The number of ether oxygens (including phenoxy) is 1. The van der Waals surface area contributed by atoms with Crippen molar-refractivity contribution in [2.75, 3.05) is 12.4 Å². The molecule has 0 spiro atoms. The fourth-order valence-corrected chi connectivity index (χ4v) is 3.50. The summed E-state index contributed by atoms with van der Waals surface area (Å²) in [5.41, 5.74) is 9.03. The van der Waals surface area contributed by atoms with Crippen LogP contribution in [0.1, 0.15) is 32.1 Å². The van der Waals surface area contributed by atoms with Crippen molar-refractivity contribution < 1.29 is 18.8 Å². The molecule has 0 bridgehead atoms. The third-order valence-corrected chi connectivity index (χ3v) is 5.05. The minimum atomic E-state index is -0.780. The van der Waals surface area contributed by atoms with Crippen LogP contribution < -0.4 is 15.8 Å². The third-order valence-electron chi connectivity index (χ3n) is 5.05. The molecular weight excluding hydrogens is 410 g/mol. The van der Waals surface area contributed by atoms with E-state index in [1.165, 1.54) is 7.11 Å². The quantitative estimate of drug-likeness (QED) is 0.481. The smallest absolute Gasteiger partial charge is 0.258 e. The fraction of sp³-hybridized carbons (Fsp3) is 0.130. The third kappa shape index (κ3) is 3.71. The maximum absolute atomic E-state index is 12.6. The maximum atomic E-state index is 12.6. The summed E-state index contributed by atoms with van der Waals surface area (Å²) in [7, 11) is 1.54. The number of anilines is 1. The van der Waals surface area contributed by atoms with E-state index in [-0.39, 0.29) is 17.1 Å². The number of hydrogen-bond donors (Lipinski definition) is 2. The van der Waals surface area contributed by atoms with E-state index in [0.29, 0.717) is 22.6 Å². The number of para-hydroxylation sites is 1. The number of carbonyl (C=O) groups excluding carboxylic acids is 2. The van der Waals surface area contributed by atoms with E-state index in [1.807, 2.05) is 37.3 Å². The van der Waals surface area contributed by atoms with Crippen molar-refractivity contribution in [1.29, 1.82) is 0 Å². The van der Waals surface area contributed by atoms with Gasteiger partial charge in [0.15, 0.2) is 0 Å². The van der Waals surface area contributed by atoms with Crippen LogP contribution in [-0.4, -0.2) is 33.9 Å². The minimum Gasteiger partial charge on any atom is -0.497 e. The molecule has 0 aliphatic heterocycles. The number of methoxy groups -OCH3 is 1. The Morgan fingerprint density at radius 2 is 1.75 bits per heavy atom. The van der Waals surface area contributed by atoms with Crippen LogP contribution in [0.15, 0.2) is 59.1 Å². The Hall–Kier alpha value is -4.40. The Kier molecular flexibility index (Phi) is 5.46. The number of aromatic nitrogens is 3. The molecule has 0 saturated carbocycles. The molecule has 2 aromatic carbocycles. The molecule has 162 valence electrons. The van der Waals surface area contributed by atoms with Crippen LogP contribution in [0.25, 0.3) is 16.9 Å². The molecule has 0 aliphatic rings. The predicted octanol–water partition coefficient (Wildman–Crippen LogP) is 3.50. The summed E-state index contributed by atoms with van der Waals surface area (Å²) in [5, 5.41) is 11.2. The van der Waals surface area contributed by atoms with Crippen LogP contribution in [0.5, 0.6) is 5.75 Å². The highest BCUT2D eigenvalue weighted by atomic mass is 16.5. The summed E-state index contributed by atoms with van der Waals surface area (Å²) >= 11 is 0. The first-order chi connectivity index (χ1) is 15.4. The van der Waals surface area contributed by atoms with Gasteiger partial charge in [-0.1, -0.05) is 23.4 Å². The number of carbonyl (C=O) groups is 2. The zero-order chi connectivity index (χ0) is 22.8. The second kappa shape index (κ2) is 8.38. The zero-order valence-corrected chi connectivity index (χ0v) is 17.7. The van der Waals surface area contributed by atoms with E-state index in [4.69, 9.17) is 15.0 Å². The van der Waals surface area contributed by atoms with Gasteiger partial charge in [-0.15, -0.1) is 0 Å². The molecule has 0 radical (unpaired) electrons. The topological polar surface area (TPSA) is 125 Å². The number of rotatable bonds is 6. The van der Waals surface area contributed by atoms with Gasteiger partial charge in [-0.05, 0) is 50.2 Å². The fourth-order valence-electron chi connectivity index (χ4n) is 3.50. The highest BCUT2D eigenvalue weighted by Crippen LogP contribution is 2.34. The molecule has 0 unspecified atom stereocenters. The first-order valence-electron chi connectivity index (χ1n) is 9.77. The summed E-state index contributed by atoms with van der Waals surface area (Å²) in [4.78, 5) is 25.0. The van der Waals surface area contributed by atoms with Gasteiger partial charge in [0, 0.05) is 11.1 Å². The highest BCUT2D eigenvalue weighted by molar-refractivity contribution is 6.10. The first-order valence-corrected chi connectivity index (χ1v) is 9.77. The van der Waals surface area contributed by atoms with E-state index in [2.05, 4.69) is 15.6 Å². The Morgan fingerprint density at radius 3 is 2.38 bits per heavy atom. The van der Waals surface area contributed by atoms with Crippen LogP contribution >= 0.6 is 0 Å². The molecule has 0 fully saturated rings. The molecule has 32 heavy (non-hydrogen) atoms. The predicted molar refractivity (Wildman–Crippen MR) is 118 cm³/mol. The van der Waals surface area contributed by atoms with Crippen LogP contribution in [-0.2, 0) is 0 Å². The van der Waals surface area contributed by atoms with Gasteiger partial charge >= 0.3 is 0 Å². The van der Waals surface area contributed by atoms with Gasteiger partial charge in [-0.25, -0.2) is 4.68 Å². The second-order valence-corrected chi connectivity index (χ2v) is 7.08. The lowest BCUT2D eigenvalue weighted by Crippen LogP contribution is -2.17. The Morgan fingerprint density at radius 1 is 1.06 bits per heavy atom. The van der Waals surface area contributed by atoms with E-state index in [9.17, 15) is 9.59 Å². The molecule has 2 heterocycles. The molecule has 9 nitrogen and oxygen atoms in total. The molecule has 0 saturated heterocycles. The van der Waals surface area contributed by atoms with Crippen molar-refractivity contribution in [3.05, 3.63) is 77.1 Å². The number of benzene rings is 2. The number of aryl methyl sites for hydroxylation is 1. The lowest BCUT2D eigenvalue weighted by atomic mass is 10.0. The van der Waals surface area contributed by atoms with Crippen LogP contribution in [0.3, 0.4) is 0 Å². The molecular formula is C23H21N5O4. The van der Waals surface area contributed by atoms with Gasteiger partial charge < -0.3 is 15.0 Å². The van der Waals surface area contributed by atoms with Gasteiger partial charge in [0.2, 0.25) is 5.88 Å². The molecule has 3 N–H and O–H groups in total. The lowest BCUT2D eigenvalue weighted by Gasteiger charge is -2.06. The Bertz CT molecular complexity index is 1290. The van der Waals surface area contributed by atoms with E-state index in [1.54, 1.807) is 35.9 Å². The molecule has 9 heteroatoms. The van der Waals surface area contributed by atoms with Crippen molar-refractivity contribution in [1.82, 2.24) is 14.9 Å². The SMILES string of the molecule is COc1ccc(C(=O)Nc2onc(-c3c(C)nn(-c4ccccc4)c3C)c2C(N)=O)cc1. The van der Waals surface area contributed by atoms with Crippen molar-refractivity contribution in [3.63, 3.8) is 0 Å². The molecule has 2 amide bonds. The summed E-state index contributed by atoms with van der Waals surface area (Å²) in [6, 6.07) is 16.0. The number of amides is 2. The number of nitrogens with zero attached hydrogens (tertiary/aromatic N) is 3. The van der Waals surface area contributed by atoms with Gasteiger partial charge in [0.25, 0.3) is 11.8 Å². The number of nitrogens with one attached hydrogen (secondary N) is 1. The number of primary amides is 1. The van der Waals surface area contributed by atoms with Crippen molar-refractivity contribution >= 4 is 17.7 Å². The van der Waals surface area contributed by atoms with Crippen LogP contribution in [0, 0.1) is 13.8 Å². The van der Waals surface area contributed by atoms with Crippen LogP contribution in [0.2, 0.25) is 0 Å². The largest absolute Gasteiger partial charge is 0.497 e. The summed E-state index contributed by atoms with van der Waals surface area (Å²) < 4.78 is 12.2. The van der Waals surface area contributed by atoms with Crippen LogP contribution in [0.4, 0.5) is 5.88 Å². The molecule has 4 rings (SSSR count). The summed E-state index contributed by atoms with van der Waals surface area (Å²) in [5.74, 6) is -0.772. The van der Waals surface area contributed by atoms with Crippen molar-refractivity contribution in [2.24, 2.45) is 5.73 Å². The monoisotopic (exact) mass is 431 g/mol. The van der Waals surface area contributed by atoms with E-state index in [0.717, 1.165) is 11.4 Å². The maximum Gasteiger partial charge on any atom is 0.258 e. The van der Waals surface area contributed by atoms with Crippen molar-refractivity contribution in [2.45, 2.75) is 13.8 Å². The second-order valence-electron chi connectivity index (χ2n) is 7.08. The Balaban J connectivity index is 1.72. The van der Waals surface area contributed by atoms with E-state index < -0.39 is 11.8 Å². The lowest BCUT2D eigenvalue weighted by molar-refractivity contribution is 0.100. The zero-order valence-electron chi connectivity index (χ0n) is 17.7. The highest BCUT2D eigenvalue weighted by Gasteiger charge is 2.28. The first kappa shape index (κ1) is 20.9. The molecule has 2 aromatic heterocycles. The van der Waals surface area contributed by atoms with Crippen molar-refractivity contribution in [3.8, 4) is 22.7 Å². The van der Waals surface area contributed by atoms with E-state index >= 15 is 0 Å². The van der Waals surface area contributed by atoms with Gasteiger partial charge in [-0.3, -0.25) is 14.9 Å². The number of nitrogens with two attached hydrogens (primary N) is 1. The standard InChI is InChI=1S/C23H21N5O4/c1-13-18(14(2)28(26-13)16-7-5-4-6-8-16)20-19(21(24)29)23(32-27-20)25-22(30)15-9-11-17(31-3)12-10-15/h4-12H,1-3H3,(H2,24,29)(H,25,30). The van der Waals surface area contributed by atoms with Gasteiger partial charge in [0.05, 0.1) is 24.2 Å². The summed E-state index contributed by atoms with van der Waals surface area (Å²) in [6.07, 6.45) is 0. The molecule has 0 atom stereocenters. The van der Waals surface area contributed by atoms with Gasteiger partial charge in [-0.2, -0.15) is 5.10 Å². The number of hydrogen-bond acceptors (Lipinski definition) is 6. The normalized spacial score (nSPS) is 10.7. The van der Waals surface area contributed by atoms with Gasteiger partial charge in [0.1, 0.15) is 17.0 Å².